The number of anilines is 1. The first kappa shape index (κ1) is 23.4. The third-order valence-corrected chi connectivity index (χ3v) is 6.64. The number of amides is 2. The van der Waals surface area contributed by atoms with Crippen molar-refractivity contribution in [2.75, 3.05) is 5.32 Å². The summed E-state index contributed by atoms with van der Waals surface area (Å²) in [6, 6.07) is 6.29. The van der Waals surface area contributed by atoms with Gasteiger partial charge >= 0.3 is 7.12 Å². The molecule has 2 amide bonds. The third kappa shape index (κ3) is 4.66. The van der Waals surface area contributed by atoms with Crippen LogP contribution < -0.4 is 16.1 Å². The van der Waals surface area contributed by atoms with Gasteiger partial charge < -0.3 is 25.7 Å². The summed E-state index contributed by atoms with van der Waals surface area (Å²) in [5, 5.41) is 29.8. The summed E-state index contributed by atoms with van der Waals surface area (Å²) < 4.78 is 2.73. The van der Waals surface area contributed by atoms with Crippen LogP contribution in [0.4, 0.5) is 5.69 Å². The van der Waals surface area contributed by atoms with Crippen molar-refractivity contribution in [3.05, 3.63) is 63.0 Å². The Hall–Kier alpha value is -3.30. The number of aromatic nitrogens is 5. The van der Waals surface area contributed by atoms with Gasteiger partial charge in [0, 0.05) is 22.8 Å². The van der Waals surface area contributed by atoms with E-state index in [1.807, 2.05) is 26.0 Å². The number of halogens is 1. The summed E-state index contributed by atoms with van der Waals surface area (Å²) in [6.45, 7) is 3.73. The SMILES string of the molecule is Cc1c(C(=O)Nc2cnc3[nH]c(I)cc3c2)nn(C2CC2NC(=O)c2cc(B(O)O)ccn2)c1C. The summed E-state index contributed by atoms with van der Waals surface area (Å²) in [6.07, 6.45) is 3.60. The quantitative estimate of drug-likeness (QED) is 0.167. The van der Waals surface area contributed by atoms with E-state index in [0.29, 0.717) is 17.8 Å². The highest BCUT2D eigenvalue weighted by Crippen LogP contribution is 2.37. The normalized spacial score (nSPS) is 16.8. The predicted octanol–water partition coefficient (Wildman–Crippen LogP) is 1.05. The minimum atomic E-state index is -1.68. The van der Waals surface area contributed by atoms with E-state index < -0.39 is 13.0 Å². The van der Waals surface area contributed by atoms with E-state index >= 15 is 0 Å². The smallest absolute Gasteiger partial charge is 0.423 e. The van der Waals surface area contributed by atoms with E-state index in [2.05, 4.69) is 53.3 Å². The Morgan fingerprint density at radius 1 is 1.20 bits per heavy atom. The maximum atomic E-state index is 13.0. The summed E-state index contributed by atoms with van der Waals surface area (Å²) in [7, 11) is -1.68. The number of rotatable bonds is 6. The van der Waals surface area contributed by atoms with Crippen LogP contribution in [0.1, 0.15) is 44.7 Å². The molecule has 178 valence electrons. The molecule has 1 saturated carbocycles. The van der Waals surface area contributed by atoms with Gasteiger partial charge in [-0.1, -0.05) is 0 Å². The molecule has 35 heavy (non-hydrogen) atoms. The van der Waals surface area contributed by atoms with Gasteiger partial charge in [0.05, 0.1) is 27.7 Å². The van der Waals surface area contributed by atoms with Gasteiger partial charge in [-0.2, -0.15) is 5.10 Å². The van der Waals surface area contributed by atoms with E-state index in [9.17, 15) is 19.6 Å². The van der Waals surface area contributed by atoms with Crippen LogP contribution in [0, 0.1) is 17.5 Å². The Morgan fingerprint density at radius 3 is 2.77 bits per heavy atom. The molecule has 1 fully saturated rings. The Balaban J connectivity index is 1.28. The Kier molecular flexibility index (Phi) is 6.07. The third-order valence-electron chi connectivity index (χ3n) is 6.06. The Bertz CT molecular complexity index is 1470. The lowest BCUT2D eigenvalue weighted by atomic mass is 9.80. The lowest BCUT2D eigenvalue weighted by Crippen LogP contribution is -2.33. The second kappa shape index (κ2) is 9.05. The van der Waals surface area contributed by atoms with Gasteiger partial charge in [0.1, 0.15) is 11.3 Å². The summed E-state index contributed by atoms with van der Waals surface area (Å²) in [4.78, 5) is 37.0. The van der Waals surface area contributed by atoms with E-state index in [-0.39, 0.29) is 29.1 Å². The number of H-pyrrole nitrogens is 1. The van der Waals surface area contributed by atoms with Crippen molar-refractivity contribution >= 4 is 63.7 Å². The van der Waals surface area contributed by atoms with Gasteiger partial charge in [-0.3, -0.25) is 19.3 Å². The van der Waals surface area contributed by atoms with E-state index in [1.165, 1.54) is 18.3 Å². The monoisotopic (exact) mass is 585 g/mol. The highest BCUT2D eigenvalue weighted by Gasteiger charge is 2.42. The average Bonchev–Trinajstić information content (AvgIpc) is 3.37. The zero-order valence-corrected chi connectivity index (χ0v) is 20.9. The van der Waals surface area contributed by atoms with Crippen LogP contribution in [-0.2, 0) is 0 Å². The number of fused-ring (bicyclic) bond motifs is 1. The number of pyridine rings is 2. The summed E-state index contributed by atoms with van der Waals surface area (Å²) in [5.74, 6) is -0.748. The van der Waals surface area contributed by atoms with Gasteiger partial charge in [-0.15, -0.1) is 0 Å². The molecule has 0 saturated heterocycles. The molecule has 11 nitrogen and oxygen atoms in total. The van der Waals surface area contributed by atoms with Crippen molar-refractivity contribution in [1.29, 1.82) is 0 Å². The largest absolute Gasteiger partial charge is 0.488 e. The first-order valence-electron chi connectivity index (χ1n) is 10.9. The molecular weight excluding hydrogens is 564 g/mol. The first-order valence-corrected chi connectivity index (χ1v) is 11.9. The number of hydrogen-bond donors (Lipinski definition) is 5. The second-order valence-electron chi connectivity index (χ2n) is 8.47. The van der Waals surface area contributed by atoms with Crippen molar-refractivity contribution in [2.45, 2.75) is 32.4 Å². The molecule has 4 aromatic rings. The van der Waals surface area contributed by atoms with Gasteiger partial charge in [0.2, 0.25) is 0 Å². The van der Waals surface area contributed by atoms with E-state index in [1.54, 1.807) is 10.9 Å². The molecule has 4 heterocycles. The number of carbonyl (C=O) groups excluding carboxylic acids is 2. The van der Waals surface area contributed by atoms with Gasteiger partial charge in [0.25, 0.3) is 11.8 Å². The van der Waals surface area contributed by atoms with Gasteiger partial charge in [0.15, 0.2) is 5.69 Å². The predicted molar refractivity (Wildman–Crippen MR) is 137 cm³/mol. The van der Waals surface area contributed by atoms with Gasteiger partial charge in [-0.05, 0) is 72.6 Å². The minimum Gasteiger partial charge on any atom is -0.423 e. The number of carbonyl (C=O) groups is 2. The van der Waals surface area contributed by atoms with Crippen molar-refractivity contribution in [3.63, 3.8) is 0 Å². The van der Waals surface area contributed by atoms with Crippen molar-refractivity contribution in [2.24, 2.45) is 0 Å². The molecule has 5 N–H and O–H groups in total. The molecule has 5 rings (SSSR count). The number of nitrogens with zero attached hydrogens (tertiary/aromatic N) is 4. The molecule has 0 aromatic carbocycles. The topological polar surface area (TPSA) is 158 Å². The first-order chi connectivity index (χ1) is 16.7. The van der Waals surface area contributed by atoms with Crippen LogP contribution >= 0.6 is 22.6 Å². The molecule has 0 bridgehead atoms. The van der Waals surface area contributed by atoms with E-state index in [0.717, 1.165) is 26.0 Å². The van der Waals surface area contributed by atoms with Crippen LogP contribution in [-0.4, -0.2) is 59.8 Å². The highest BCUT2D eigenvalue weighted by atomic mass is 127. The molecular formula is C22H21BIN7O4. The standard InChI is InChI=1S/C22H21BIN7O4/c1-10-11(2)31(17-8-15(17)28-21(32)16-7-13(23(34)35)3-4-25-16)30-19(10)22(33)27-14-5-12-6-18(24)29-20(12)26-9-14/h3-7,9,15,17,34-35H,8H2,1-2H3,(H,26,29)(H,27,33)(H,28,32). The zero-order valence-electron chi connectivity index (χ0n) is 18.8. The molecule has 0 spiro atoms. The number of hydrogen-bond acceptors (Lipinski definition) is 7. The van der Waals surface area contributed by atoms with Crippen LogP contribution in [0.25, 0.3) is 11.0 Å². The number of nitrogens with one attached hydrogen (secondary N) is 3. The lowest BCUT2D eigenvalue weighted by Gasteiger charge is -2.07. The average molecular weight is 585 g/mol. The zero-order chi connectivity index (χ0) is 24.9. The molecule has 4 aromatic heterocycles. The molecule has 1 aliphatic rings. The fourth-order valence-corrected chi connectivity index (χ4v) is 4.55. The summed E-state index contributed by atoms with van der Waals surface area (Å²) >= 11 is 2.17. The second-order valence-corrected chi connectivity index (χ2v) is 9.63. The van der Waals surface area contributed by atoms with Crippen molar-refractivity contribution in [3.8, 4) is 0 Å². The molecule has 13 heteroatoms. The van der Waals surface area contributed by atoms with E-state index in [4.69, 9.17) is 0 Å². The molecule has 0 radical (unpaired) electrons. The molecule has 1 aliphatic carbocycles. The Morgan fingerprint density at radius 2 is 2.00 bits per heavy atom. The maximum absolute atomic E-state index is 13.0. The van der Waals surface area contributed by atoms with Crippen LogP contribution in [0.2, 0.25) is 0 Å². The molecule has 0 aliphatic heterocycles. The fourth-order valence-electron chi connectivity index (χ4n) is 3.96. The highest BCUT2D eigenvalue weighted by molar-refractivity contribution is 14.1. The van der Waals surface area contributed by atoms with Crippen LogP contribution in [0.15, 0.2) is 36.7 Å². The lowest BCUT2D eigenvalue weighted by molar-refractivity contribution is 0.0942. The molecule has 2 atom stereocenters. The van der Waals surface area contributed by atoms with Crippen molar-refractivity contribution in [1.82, 2.24) is 30.0 Å². The van der Waals surface area contributed by atoms with Crippen LogP contribution in [0.3, 0.4) is 0 Å². The van der Waals surface area contributed by atoms with Crippen LogP contribution in [0.5, 0.6) is 0 Å². The van der Waals surface area contributed by atoms with Gasteiger partial charge in [-0.25, -0.2) is 4.98 Å². The summed E-state index contributed by atoms with van der Waals surface area (Å²) in [5.41, 5.74) is 3.52. The van der Waals surface area contributed by atoms with Crippen molar-refractivity contribution < 1.29 is 19.6 Å². The number of aromatic amines is 1. The minimum absolute atomic E-state index is 0.0919. The fraction of sp³-hybridized carbons (Fsp3) is 0.227. The Labute approximate surface area is 213 Å². The molecule has 2 unspecified atom stereocenters. The maximum Gasteiger partial charge on any atom is 0.488 e.